The Bertz CT molecular complexity index is 380. The lowest BCUT2D eigenvalue weighted by Crippen LogP contribution is -2.45. The van der Waals surface area contributed by atoms with Crippen LogP contribution in [0.25, 0.3) is 0 Å². The average molecular weight is 324 g/mol. The van der Waals surface area contributed by atoms with Gasteiger partial charge in [0.2, 0.25) is 5.91 Å². The fourth-order valence-corrected chi connectivity index (χ4v) is 2.60. The molecule has 8 heteroatoms. The van der Waals surface area contributed by atoms with Gasteiger partial charge in [0.15, 0.2) is 0 Å². The summed E-state index contributed by atoms with van der Waals surface area (Å²) in [5.74, 6) is -0.730. The smallest absolute Gasteiger partial charge is 0.401 e. The number of piperidine rings is 1. The van der Waals surface area contributed by atoms with Gasteiger partial charge in [-0.3, -0.25) is 14.5 Å². The van der Waals surface area contributed by atoms with Crippen LogP contribution in [0.2, 0.25) is 0 Å². The Hall–Kier alpha value is -1.31. The summed E-state index contributed by atoms with van der Waals surface area (Å²) in [6.45, 7) is 2.18. The largest absolute Gasteiger partial charge is 0.469 e. The van der Waals surface area contributed by atoms with Crippen LogP contribution in [0.1, 0.15) is 26.2 Å². The van der Waals surface area contributed by atoms with E-state index in [1.165, 1.54) is 12.0 Å². The van der Waals surface area contributed by atoms with Crippen LogP contribution in [-0.4, -0.2) is 67.7 Å². The number of carbonyl (C=O) groups excluding carboxylic acids is 2. The van der Waals surface area contributed by atoms with E-state index in [1.54, 1.807) is 4.90 Å². The van der Waals surface area contributed by atoms with Crippen LogP contribution < -0.4 is 0 Å². The highest BCUT2D eigenvalue weighted by Gasteiger charge is 2.34. The quantitative estimate of drug-likeness (QED) is 0.698. The molecule has 1 heterocycles. The molecule has 0 spiro atoms. The number of nitrogens with zero attached hydrogens (tertiary/aromatic N) is 2. The number of halogens is 3. The van der Waals surface area contributed by atoms with E-state index >= 15 is 0 Å². The summed E-state index contributed by atoms with van der Waals surface area (Å²) in [7, 11) is 1.29. The number of alkyl halides is 3. The highest BCUT2D eigenvalue weighted by Crippen LogP contribution is 2.23. The van der Waals surface area contributed by atoms with Crippen LogP contribution in [0.3, 0.4) is 0 Å². The SMILES string of the molecule is CCN(CCC(=O)OC)C(=O)C1CCN(CC(F)(F)F)CC1. The molecule has 0 aromatic carbocycles. The molecule has 0 bridgehead atoms. The Kier molecular flexibility index (Phi) is 7.12. The van der Waals surface area contributed by atoms with E-state index in [9.17, 15) is 22.8 Å². The molecular weight excluding hydrogens is 301 g/mol. The van der Waals surface area contributed by atoms with Gasteiger partial charge in [-0.05, 0) is 32.9 Å². The molecule has 0 aliphatic carbocycles. The number of esters is 1. The van der Waals surface area contributed by atoms with Crippen LogP contribution in [-0.2, 0) is 14.3 Å². The molecule has 0 unspecified atom stereocenters. The minimum absolute atomic E-state index is 0.0851. The molecule has 1 aliphatic heterocycles. The highest BCUT2D eigenvalue weighted by atomic mass is 19.4. The number of hydrogen-bond acceptors (Lipinski definition) is 4. The monoisotopic (exact) mass is 324 g/mol. The van der Waals surface area contributed by atoms with E-state index in [0.29, 0.717) is 19.4 Å². The Balaban J connectivity index is 2.44. The van der Waals surface area contributed by atoms with Crippen molar-refractivity contribution in [3.63, 3.8) is 0 Å². The predicted molar refractivity (Wildman–Crippen MR) is 74.1 cm³/mol. The zero-order chi connectivity index (χ0) is 16.8. The number of carbonyl (C=O) groups is 2. The number of likely N-dealkylation sites (tertiary alicyclic amines) is 1. The molecule has 0 saturated carbocycles. The van der Waals surface area contributed by atoms with Gasteiger partial charge in [-0.2, -0.15) is 13.2 Å². The van der Waals surface area contributed by atoms with E-state index < -0.39 is 12.7 Å². The molecule has 22 heavy (non-hydrogen) atoms. The third-order valence-corrected chi connectivity index (χ3v) is 3.85. The van der Waals surface area contributed by atoms with Gasteiger partial charge in [-0.1, -0.05) is 0 Å². The van der Waals surface area contributed by atoms with E-state index in [-0.39, 0.29) is 43.8 Å². The van der Waals surface area contributed by atoms with Crippen LogP contribution in [0.15, 0.2) is 0 Å². The number of hydrogen-bond donors (Lipinski definition) is 0. The van der Waals surface area contributed by atoms with Crippen molar-refractivity contribution < 1.29 is 27.5 Å². The van der Waals surface area contributed by atoms with Gasteiger partial charge in [0, 0.05) is 19.0 Å². The summed E-state index contributed by atoms with van der Waals surface area (Å²) in [6, 6.07) is 0. The number of ether oxygens (including phenoxy) is 1. The van der Waals surface area contributed by atoms with Gasteiger partial charge >= 0.3 is 12.1 Å². The molecule has 5 nitrogen and oxygen atoms in total. The van der Waals surface area contributed by atoms with Crippen molar-refractivity contribution >= 4 is 11.9 Å². The second-order valence-corrected chi connectivity index (χ2v) is 5.41. The molecular formula is C14H23F3N2O3. The number of methoxy groups -OCH3 is 1. The van der Waals surface area contributed by atoms with Gasteiger partial charge in [-0.15, -0.1) is 0 Å². The van der Waals surface area contributed by atoms with Gasteiger partial charge < -0.3 is 9.64 Å². The lowest BCUT2D eigenvalue weighted by molar-refractivity contribution is -0.151. The van der Waals surface area contributed by atoms with E-state index in [4.69, 9.17) is 0 Å². The molecule has 1 amide bonds. The number of amides is 1. The standard InChI is InChI=1S/C14H23F3N2O3/c1-3-19(9-6-12(20)22-2)13(21)11-4-7-18(8-5-11)10-14(15,16)17/h11H,3-10H2,1-2H3. The third-order valence-electron chi connectivity index (χ3n) is 3.85. The first-order valence-electron chi connectivity index (χ1n) is 7.41. The predicted octanol–water partition coefficient (Wildman–Crippen LogP) is 1.67. The van der Waals surface area contributed by atoms with Crippen molar-refractivity contribution in [2.75, 3.05) is 39.8 Å². The lowest BCUT2D eigenvalue weighted by Gasteiger charge is -2.34. The van der Waals surface area contributed by atoms with Gasteiger partial charge in [0.1, 0.15) is 0 Å². The topological polar surface area (TPSA) is 49.9 Å². The second-order valence-electron chi connectivity index (χ2n) is 5.41. The Morgan fingerprint density at radius 1 is 1.27 bits per heavy atom. The first-order valence-corrected chi connectivity index (χ1v) is 7.41. The fraction of sp³-hybridized carbons (Fsp3) is 0.857. The molecule has 0 aromatic rings. The normalized spacial score (nSPS) is 17.3. The molecule has 0 radical (unpaired) electrons. The van der Waals surface area contributed by atoms with Crippen molar-refractivity contribution in [1.29, 1.82) is 0 Å². The van der Waals surface area contributed by atoms with Gasteiger partial charge in [0.25, 0.3) is 0 Å². The third kappa shape index (κ3) is 6.21. The van der Waals surface area contributed by atoms with E-state index in [1.807, 2.05) is 6.92 Å². The van der Waals surface area contributed by atoms with Crippen LogP contribution in [0, 0.1) is 5.92 Å². The molecule has 128 valence electrons. The first kappa shape index (κ1) is 18.7. The summed E-state index contributed by atoms with van der Waals surface area (Å²) in [5, 5.41) is 0. The fourth-order valence-electron chi connectivity index (χ4n) is 2.60. The minimum atomic E-state index is -4.20. The maximum absolute atomic E-state index is 12.4. The summed E-state index contributed by atoms with van der Waals surface area (Å²) in [6.07, 6.45) is -3.23. The van der Waals surface area contributed by atoms with Crippen LogP contribution >= 0.6 is 0 Å². The second kappa shape index (κ2) is 8.36. The van der Waals surface area contributed by atoms with Crippen molar-refractivity contribution in [2.24, 2.45) is 5.92 Å². The maximum atomic E-state index is 12.4. The first-order chi connectivity index (χ1) is 10.3. The molecule has 1 rings (SSSR count). The molecule has 1 fully saturated rings. The van der Waals surface area contributed by atoms with E-state index in [0.717, 1.165) is 0 Å². The zero-order valence-corrected chi connectivity index (χ0v) is 13.0. The Morgan fingerprint density at radius 2 is 1.86 bits per heavy atom. The van der Waals surface area contributed by atoms with E-state index in [2.05, 4.69) is 4.74 Å². The highest BCUT2D eigenvalue weighted by molar-refractivity contribution is 5.79. The summed E-state index contributed by atoms with van der Waals surface area (Å²) >= 11 is 0. The zero-order valence-electron chi connectivity index (χ0n) is 13.0. The van der Waals surface area contributed by atoms with Crippen molar-refractivity contribution in [3.8, 4) is 0 Å². The lowest BCUT2D eigenvalue weighted by atomic mass is 9.95. The summed E-state index contributed by atoms with van der Waals surface area (Å²) in [5.41, 5.74) is 0. The molecule has 0 N–H and O–H groups in total. The van der Waals surface area contributed by atoms with Crippen molar-refractivity contribution in [3.05, 3.63) is 0 Å². The average Bonchev–Trinajstić information content (AvgIpc) is 2.46. The minimum Gasteiger partial charge on any atom is -0.469 e. The summed E-state index contributed by atoms with van der Waals surface area (Å²) in [4.78, 5) is 26.4. The molecule has 1 saturated heterocycles. The van der Waals surface area contributed by atoms with Gasteiger partial charge in [-0.25, -0.2) is 0 Å². The Morgan fingerprint density at radius 3 is 2.32 bits per heavy atom. The van der Waals surface area contributed by atoms with Crippen molar-refractivity contribution in [2.45, 2.75) is 32.4 Å². The molecule has 0 aromatic heterocycles. The maximum Gasteiger partial charge on any atom is 0.401 e. The molecule has 1 aliphatic rings. The number of rotatable bonds is 6. The van der Waals surface area contributed by atoms with Gasteiger partial charge in [0.05, 0.1) is 20.1 Å². The summed E-state index contributed by atoms with van der Waals surface area (Å²) < 4.78 is 41.5. The Labute approximate surface area is 128 Å². The van der Waals surface area contributed by atoms with Crippen molar-refractivity contribution in [1.82, 2.24) is 9.80 Å². The molecule has 0 atom stereocenters. The van der Waals surface area contributed by atoms with Crippen LogP contribution in [0.5, 0.6) is 0 Å². The van der Waals surface area contributed by atoms with Crippen LogP contribution in [0.4, 0.5) is 13.2 Å².